The van der Waals surface area contributed by atoms with Crippen molar-refractivity contribution in [2.45, 2.75) is 40.1 Å². The van der Waals surface area contributed by atoms with Gasteiger partial charge in [0, 0.05) is 11.1 Å². The number of carbonyl (C=O) groups is 1. The zero-order valence-electron chi connectivity index (χ0n) is 16.1. The van der Waals surface area contributed by atoms with Crippen LogP contribution >= 0.6 is 0 Å². The van der Waals surface area contributed by atoms with Crippen molar-refractivity contribution in [2.75, 3.05) is 0 Å². The molecule has 0 fully saturated rings. The Morgan fingerprint density at radius 3 is 2.39 bits per heavy atom. The van der Waals surface area contributed by atoms with Crippen LogP contribution in [0, 0.1) is 12.7 Å². The largest absolute Gasteiger partial charge is 0.455 e. The van der Waals surface area contributed by atoms with E-state index in [9.17, 15) is 9.18 Å². The molecule has 0 saturated heterocycles. The lowest BCUT2D eigenvalue weighted by Gasteiger charge is -2.08. The Balaban J connectivity index is 1.61. The Morgan fingerprint density at radius 2 is 1.75 bits per heavy atom. The van der Waals surface area contributed by atoms with Gasteiger partial charge in [-0.2, -0.15) is 0 Å². The number of carbonyl (C=O) groups excluding carboxylic acids is 1. The summed E-state index contributed by atoms with van der Waals surface area (Å²) in [4.78, 5) is 12.3. The second-order valence-electron chi connectivity index (χ2n) is 6.72. The molecule has 3 rings (SSSR count). The number of hydrogen-bond acceptors (Lipinski definition) is 5. The van der Waals surface area contributed by atoms with Gasteiger partial charge in [-0.05, 0) is 62.7 Å². The summed E-state index contributed by atoms with van der Waals surface area (Å²) >= 11 is 0. The minimum Gasteiger partial charge on any atom is -0.455 e. The van der Waals surface area contributed by atoms with Crippen LogP contribution in [0.5, 0.6) is 0 Å². The van der Waals surface area contributed by atoms with Crippen molar-refractivity contribution in [3.05, 3.63) is 76.7 Å². The van der Waals surface area contributed by atoms with Crippen molar-refractivity contribution < 1.29 is 23.2 Å². The maximum atomic E-state index is 13.1. The number of halogens is 1. The summed E-state index contributed by atoms with van der Waals surface area (Å²) in [7, 11) is 0. The number of esters is 1. The fourth-order valence-corrected chi connectivity index (χ4v) is 2.59. The third kappa shape index (κ3) is 4.84. The van der Waals surface area contributed by atoms with Crippen LogP contribution in [0.4, 0.5) is 4.39 Å². The van der Waals surface area contributed by atoms with Gasteiger partial charge in [-0.15, -0.1) is 0 Å². The lowest BCUT2D eigenvalue weighted by atomic mass is 10.1. The zero-order chi connectivity index (χ0) is 20.1. The zero-order valence-corrected chi connectivity index (χ0v) is 16.1. The molecule has 0 aliphatic rings. The van der Waals surface area contributed by atoms with Crippen molar-refractivity contribution in [3.63, 3.8) is 0 Å². The first kappa shape index (κ1) is 19.8. The fourth-order valence-electron chi connectivity index (χ4n) is 2.59. The van der Waals surface area contributed by atoms with E-state index in [4.69, 9.17) is 14.0 Å². The summed E-state index contributed by atoms with van der Waals surface area (Å²) < 4.78 is 29.3. The van der Waals surface area contributed by atoms with Gasteiger partial charge >= 0.3 is 5.97 Å². The van der Waals surface area contributed by atoms with E-state index >= 15 is 0 Å². The Labute approximate surface area is 163 Å². The maximum Gasteiger partial charge on any atom is 0.338 e. The van der Waals surface area contributed by atoms with Crippen molar-refractivity contribution in [2.24, 2.45) is 0 Å². The van der Waals surface area contributed by atoms with E-state index in [-0.39, 0.29) is 18.5 Å². The minimum atomic E-state index is -0.443. The summed E-state index contributed by atoms with van der Waals surface area (Å²) in [5, 5.41) is 3.97. The third-order valence-electron chi connectivity index (χ3n) is 4.24. The molecule has 146 valence electrons. The molecule has 0 radical (unpaired) electrons. The van der Waals surface area contributed by atoms with Gasteiger partial charge in [-0.25, -0.2) is 9.18 Å². The SMILES string of the molecule is Cc1c(COC(=O)c2ccc(COC(C)C)cc2)noc1-c1ccc(F)cc1. The molecule has 0 amide bonds. The molecule has 0 atom stereocenters. The standard InChI is InChI=1S/C22H22FNO4/c1-14(2)26-12-16-4-6-18(7-5-16)22(25)27-13-20-15(3)21(28-24-20)17-8-10-19(23)11-9-17/h4-11,14H,12-13H2,1-3H3. The van der Waals surface area contributed by atoms with Gasteiger partial charge in [0.1, 0.15) is 18.1 Å². The average molecular weight is 383 g/mol. The number of hydrogen-bond donors (Lipinski definition) is 0. The van der Waals surface area contributed by atoms with Gasteiger partial charge < -0.3 is 14.0 Å². The topological polar surface area (TPSA) is 61.6 Å². The number of benzene rings is 2. The highest BCUT2D eigenvalue weighted by Gasteiger charge is 2.16. The quantitative estimate of drug-likeness (QED) is 0.533. The summed E-state index contributed by atoms with van der Waals surface area (Å²) in [5.74, 6) is -0.237. The number of aromatic nitrogens is 1. The Morgan fingerprint density at radius 1 is 1.07 bits per heavy atom. The molecule has 28 heavy (non-hydrogen) atoms. The second-order valence-corrected chi connectivity index (χ2v) is 6.72. The van der Waals surface area contributed by atoms with Gasteiger partial charge in [-0.3, -0.25) is 0 Å². The molecule has 0 N–H and O–H groups in total. The molecule has 3 aromatic rings. The molecular formula is C22H22FNO4. The Kier molecular flexibility index (Phi) is 6.21. The van der Waals surface area contributed by atoms with Crippen LogP contribution in [0.3, 0.4) is 0 Å². The molecule has 1 heterocycles. The number of ether oxygens (including phenoxy) is 2. The van der Waals surface area contributed by atoms with Gasteiger partial charge in [0.2, 0.25) is 0 Å². The summed E-state index contributed by atoms with van der Waals surface area (Å²) in [6.07, 6.45) is 0.148. The van der Waals surface area contributed by atoms with Crippen LogP contribution in [0.15, 0.2) is 53.1 Å². The molecular weight excluding hydrogens is 361 g/mol. The Hall–Kier alpha value is -2.99. The van der Waals surface area contributed by atoms with Gasteiger partial charge in [0.25, 0.3) is 0 Å². The van der Waals surface area contributed by atoms with Crippen LogP contribution in [0.1, 0.15) is 41.0 Å². The predicted molar refractivity (Wildman–Crippen MR) is 102 cm³/mol. The highest BCUT2D eigenvalue weighted by atomic mass is 19.1. The summed E-state index contributed by atoms with van der Waals surface area (Å²) in [6.45, 7) is 6.25. The smallest absolute Gasteiger partial charge is 0.338 e. The lowest BCUT2D eigenvalue weighted by Crippen LogP contribution is -2.07. The van der Waals surface area contributed by atoms with E-state index in [1.54, 1.807) is 24.3 Å². The monoisotopic (exact) mass is 383 g/mol. The van der Waals surface area contributed by atoms with E-state index in [0.717, 1.165) is 11.1 Å². The molecule has 0 aliphatic heterocycles. The minimum absolute atomic E-state index is 0.00638. The molecule has 6 heteroatoms. The van der Waals surface area contributed by atoms with E-state index in [1.165, 1.54) is 12.1 Å². The normalized spacial score (nSPS) is 11.0. The molecule has 5 nitrogen and oxygen atoms in total. The lowest BCUT2D eigenvalue weighted by molar-refractivity contribution is 0.0463. The number of nitrogens with zero attached hydrogens (tertiary/aromatic N) is 1. The fraction of sp³-hybridized carbons (Fsp3) is 0.273. The highest BCUT2D eigenvalue weighted by molar-refractivity contribution is 5.89. The van der Waals surface area contributed by atoms with Crippen molar-refractivity contribution in [1.29, 1.82) is 0 Å². The first-order valence-corrected chi connectivity index (χ1v) is 9.03. The maximum absolute atomic E-state index is 13.1. The second kappa shape index (κ2) is 8.80. The molecule has 2 aromatic carbocycles. The molecule has 0 aliphatic carbocycles. The predicted octanol–water partition coefficient (Wildman–Crippen LogP) is 5.07. The first-order valence-electron chi connectivity index (χ1n) is 9.03. The van der Waals surface area contributed by atoms with E-state index in [1.807, 2.05) is 32.9 Å². The van der Waals surface area contributed by atoms with Gasteiger partial charge in [0.05, 0.1) is 18.3 Å². The van der Waals surface area contributed by atoms with Crippen LogP contribution < -0.4 is 0 Å². The first-order chi connectivity index (χ1) is 13.4. The summed E-state index contributed by atoms with van der Waals surface area (Å²) in [6, 6.07) is 13.0. The van der Waals surface area contributed by atoms with Gasteiger partial charge in [-0.1, -0.05) is 17.3 Å². The van der Waals surface area contributed by atoms with E-state index in [2.05, 4.69) is 5.16 Å². The van der Waals surface area contributed by atoms with Crippen LogP contribution in [0.25, 0.3) is 11.3 Å². The molecule has 0 spiro atoms. The molecule has 0 bridgehead atoms. The average Bonchev–Trinajstić information content (AvgIpc) is 3.06. The van der Waals surface area contributed by atoms with Crippen molar-refractivity contribution >= 4 is 5.97 Å². The van der Waals surface area contributed by atoms with Crippen molar-refractivity contribution in [3.8, 4) is 11.3 Å². The van der Waals surface area contributed by atoms with Crippen molar-refractivity contribution in [1.82, 2.24) is 5.16 Å². The van der Waals surface area contributed by atoms with E-state index < -0.39 is 5.97 Å². The van der Waals surface area contributed by atoms with E-state index in [0.29, 0.717) is 29.2 Å². The third-order valence-corrected chi connectivity index (χ3v) is 4.24. The highest BCUT2D eigenvalue weighted by Crippen LogP contribution is 2.26. The molecule has 0 unspecified atom stereocenters. The molecule has 0 saturated carbocycles. The van der Waals surface area contributed by atoms with Gasteiger partial charge in [0.15, 0.2) is 5.76 Å². The van der Waals surface area contributed by atoms with Crippen LogP contribution in [0.2, 0.25) is 0 Å². The number of rotatable bonds is 7. The van der Waals surface area contributed by atoms with Crippen LogP contribution in [-0.2, 0) is 22.7 Å². The van der Waals surface area contributed by atoms with Crippen LogP contribution in [-0.4, -0.2) is 17.2 Å². The molecule has 1 aromatic heterocycles. The Bertz CT molecular complexity index is 930. The summed E-state index contributed by atoms with van der Waals surface area (Å²) in [5.41, 5.74) is 3.42.